The first-order valence-corrected chi connectivity index (χ1v) is 6.96. The number of aryl methyl sites for hydroxylation is 1. The molecule has 3 aromatic rings. The predicted octanol–water partition coefficient (Wildman–Crippen LogP) is 4.00. The molecule has 0 amide bonds. The molecule has 0 N–H and O–H groups in total. The molecule has 5 nitrogen and oxygen atoms in total. The summed E-state index contributed by atoms with van der Waals surface area (Å²) >= 11 is 0. The summed E-state index contributed by atoms with van der Waals surface area (Å²) in [6.45, 7) is 0. The number of rotatable bonds is 3. The van der Waals surface area contributed by atoms with Crippen LogP contribution in [0.4, 0.5) is 22.0 Å². The maximum atomic E-state index is 13.1. The first-order valence-electron chi connectivity index (χ1n) is 6.96. The molecule has 0 saturated heterocycles. The largest absolute Gasteiger partial charge is 0.496 e. The molecule has 3 rings (SSSR count). The Balaban J connectivity index is 2.37. The molecule has 0 radical (unpaired) electrons. The van der Waals surface area contributed by atoms with Gasteiger partial charge >= 0.3 is 6.18 Å². The molecule has 0 unspecified atom stereocenters. The average molecular weight is 358 g/mol. The van der Waals surface area contributed by atoms with Gasteiger partial charge in [0.25, 0.3) is 6.43 Å². The van der Waals surface area contributed by atoms with Gasteiger partial charge in [-0.05, 0) is 18.2 Å². The van der Waals surface area contributed by atoms with E-state index in [2.05, 4.69) is 15.1 Å². The van der Waals surface area contributed by atoms with E-state index in [4.69, 9.17) is 4.74 Å². The van der Waals surface area contributed by atoms with E-state index in [0.717, 1.165) is 10.7 Å². The van der Waals surface area contributed by atoms with E-state index in [0.29, 0.717) is 0 Å². The number of fused-ring (bicyclic) bond motifs is 1. The predicted molar refractivity (Wildman–Crippen MR) is 78.3 cm³/mol. The Morgan fingerprint density at radius 1 is 1.16 bits per heavy atom. The maximum absolute atomic E-state index is 13.1. The lowest BCUT2D eigenvalue weighted by Gasteiger charge is -2.12. The molecule has 0 atom stereocenters. The monoisotopic (exact) mass is 358 g/mol. The number of benzene rings is 1. The van der Waals surface area contributed by atoms with Gasteiger partial charge in [-0.25, -0.2) is 18.7 Å². The lowest BCUT2D eigenvalue weighted by Crippen LogP contribution is -2.12. The maximum Gasteiger partial charge on any atom is 0.451 e. The summed E-state index contributed by atoms with van der Waals surface area (Å²) in [5.41, 5.74) is -0.816. The first kappa shape index (κ1) is 17.1. The fourth-order valence-corrected chi connectivity index (χ4v) is 2.44. The fraction of sp³-hybridized carbons (Fsp3) is 0.267. The quantitative estimate of drug-likeness (QED) is 0.664. The van der Waals surface area contributed by atoms with Crippen LogP contribution in [0.1, 0.15) is 17.9 Å². The van der Waals surface area contributed by atoms with Gasteiger partial charge in [0.05, 0.1) is 18.0 Å². The molecular weight excluding hydrogens is 347 g/mol. The van der Waals surface area contributed by atoms with Gasteiger partial charge in [0.2, 0.25) is 5.82 Å². The number of ether oxygens (including phenoxy) is 1. The number of alkyl halides is 5. The van der Waals surface area contributed by atoms with Crippen LogP contribution in [0, 0.1) is 0 Å². The Kier molecular flexibility index (Phi) is 4.05. The van der Waals surface area contributed by atoms with Crippen LogP contribution in [0.15, 0.2) is 24.3 Å². The second kappa shape index (κ2) is 5.94. The van der Waals surface area contributed by atoms with Crippen molar-refractivity contribution in [1.29, 1.82) is 0 Å². The zero-order chi connectivity index (χ0) is 18.4. The van der Waals surface area contributed by atoms with Crippen molar-refractivity contribution in [2.45, 2.75) is 12.6 Å². The SMILES string of the molecule is COc1cccc2nc(C(F)(F)F)nc(-c3cc(C(F)F)n(C)n3)c12. The number of methoxy groups -OCH3 is 1. The molecular formula is C15H11F5N4O. The van der Waals surface area contributed by atoms with E-state index in [9.17, 15) is 22.0 Å². The summed E-state index contributed by atoms with van der Waals surface area (Å²) in [5.74, 6) is -1.17. The molecule has 10 heteroatoms. The number of nitrogens with zero attached hydrogens (tertiary/aromatic N) is 4. The molecule has 1 aromatic carbocycles. The minimum absolute atomic E-state index is 0.0269. The molecule has 0 saturated carbocycles. The number of halogens is 5. The van der Waals surface area contributed by atoms with Gasteiger partial charge in [0.1, 0.15) is 22.8 Å². The molecule has 0 aliphatic heterocycles. The van der Waals surface area contributed by atoms with Crippen LogP contribution >= 0.6 is 0 Å². The van der Waals surface area contributed by atoms with Crippen LogP contribution in [-0.4, -0.2) is 26.9 Å². The van der Waals surface area contributed by atoms with Gasteiger partial charge in [0, 0.05) is 7.05 Å². The number of hydrogen-bond donors (Lipinski definition) is 0. The third-order valence-electron chi connectivity index (χ3n) is 3.54. The average Bonchev–Trinajstić information content (AvgIpc) is 2.94. The van der Waals surface area contributed by atoms with Crippen LogP contribution < -0.4 is 4.74 Å². The van der Waals surface area contributed by atoms with Crippen molar-refractivity contribution in [3.05, 3.63) is 35.8 Å². The third-order valence-corrected chi connectivity index (χ3v) is 3.54. The van der Waals surface area contributed by atoms with Crippen LogP contribution in [0.3, 0.4) is 0 Å². The van der Waals surface area contributed by atoms with Gasteiger partial charge in [-0.1, -0.05) is 6.07 Å². The lowest BCUT2D eigenvalue weighted by molar-refractivity contribution is -0.144. The van der Waals surface area contributed by atoms with Gasteiger partial charge < -0.3 is 4.74 Å². The molecule has 0 aliphatic rings. The van der Waals surface area contributed by atoms with Crippen molar-refractivity contribution >= 4 is 10.9 Å². The second-order valence-corrected chi connectivity index (χ2v) is 5.13. The van der Waals surface area contributed by atoms with E-state index >= 15 is 0 Å². The standard InChI is InChI=1S/C15H11F5N4O/c1-24-9(13(16)17)6-8(23-24)12-11-7(4-3-5-10(11)25-2)21-14(22-12)15(18,19)20/h3-6,13H,1-2H3. The summed E-state index contributed by atoms with van der Waals surface area (Å²) in [5, 5.41) is 4.04. The van der Waals surface area contributed by atoms with E-state index < -0.39 is 24.1 Å². The second-order valence-electron chi connectivity index (χ2n) is 5.13. The minimum atomic E-state index is -4.80. The van der Waals surface area contributed by atoms with Gasteiger partial charge in [-0.2, -0.15) is 18.3 Å². The minimum Gasteiger partial charge on any atom is -0.496 e. The van der Waals surface area contributed by atoms with Crippen molar-refractivity contribution in [1.82, 2.24) is 19.7 Å². The van der Waals surface area contributed by atoms with Gasteiger partial charge in [0.15, 0.2) is 0 Å². The van der Waals surface area contributed by atoms with E-state index in [1.54, 1.807) is 0 Å². The van der Waals surface area contributed by atoms with Crippen molar-refractivity contribution in [2.24, 2.45) is 7.05 Å². The lowest BCUT2D eigenvalue weighted by atomic mass is 10.1. The summed E-state index contributed by atoms with van der Waals surface area (Å²) in [6, 6.07) is 5.34. The van der Waals surface area contributed by atoms with Crippen LogP contribution in [0.25, 0.3) is 22.3 Å². The molecule has 0 aliphatic carbocycles. The van der Waals surface area contributed by atoms with Crippen LogP contribution in [0.2, 0.25) is 0 Å². The zero-order valence-electron chi connectivity index (χ0n) is 13.0. The van der Waals surface area contributed by atoms with Crippen molar-refractivity contribution in [2.75, 3.05) is 7.11 Å². The van der Waals surface area contributed by atoms with E-state index in [1.807, 2.05) is 0 Å². The smallest absolute Gasteiger partial charge is 0.451 e. The highest BCUT2D eigenvalue weighted by Crippen LogP contribution is 2.37. The summed E-state index contributed by atoms with van der Waals surface area (Å²) in [7, 11) is 2.61. The normalized spacial score (nSPS) is 12.2. The van der Waals surface area contributed by atoms with Crippen molar-refractivity contribution in [3.63, 3.8) is 0 Å². The zero-order valence-corrected chi connectivity index (χ0v) is 13.0. The molecule has 25 heavy (non-hydrogen) atoms. The Hall–Kier alpha value is -2.78. The van der Waals surface area contributed by atoms with Gasteiger partial charge in [-0.3, -0.25) is 4.68 Å². The fourth-order valence-electron chi connectivity index (χ4n) is 2.44. The Morgan fingerprint density at radius 2 is 1.88 bits per heavy atom. The Bertz CT molecular complexity index is 936. The molecule has 0 spiro atoms. The van der Waals surface area contributed by atoms with Crippen LogP contribution in [0.5, 0.6) is 5.75 Å². The van der Waals surface area contributed by atoms with Crippen molar-refractivity contribution < 1.29 is 26.7 Å². The topological polar surface area (TPSA) is 52.8 Å². The van der Waals surface area contributed by atoms with E-state index in [1.165, 1.54) is 32.4 Å². The molecule has 2 aromatic heterocycles. The van der Waals surface area contributed by atoms with Gasteiger partial charge in [-0.15, -0.1) is 0 Å². The number of aromatic nitrogens is 4. The molecule has 0 bridgehead atoms. The highest BCUT2D eigenvalue weighted by molar-refractivity contribution is 5.96. The molecule has 132 valence electrons. The molecule has 0 fully saturated rings. The summed E-state index contributed by atoms with van der Waals surface area (Å²) < 4.78 is 71.3. The summed E-state index contributed by atoms with van der Waals surface area (Å²) in [4.78, 5) is 7.03. The van der Waals surface area contributed by atoms with E-state index in [-0.39, 0.29) is 28.0 Å². The summed E-state index contributed by atoms with van der Waals surface area (Å²) in [6.07, 6.45) is -7.63. The number of hydrogen-bond acceptors (Lipinski definition) is 4. The first-order chi connectivity index (χ1) is 11.7. The highest BCUT2D eigenvalue weighted by atomic mass is 19.4. The Morgan fingerprint density at radius 3 is 2.44 bits per heavy atom. The Labute approximate surface area is 138 Å². The highest BCUT2D eigenvalue weighted by Gasteiger charge is 2.36. The third kappa shape index (κ3) is 2.99. The van der Waals surface area contributed by atoms with Crippen LogP contribution in [-0.2, 0) is 13.2 Å². The molecule has 2 heterocycles. The van der Waals surface area contributed by atoms with Crippen molar-refractivity contribution in [3.8, 4) is 17.1 Å².